The predicted octanol–water partition coefficient (Wildman–Crippen LogP) is 11.5. The molecule has 0 aliphatic carbocycles. The molecule has 0 bridgehead atoms. The van der Waals surface area contributed by atoms with Gasteiger partial charge in [-0.2, -0.15) is 0 Å². The molecule has 220 valence electrons. The molecule has 2 nitrogen and oxygen atoms in total. The van der Waals surface area contributed by atoms with Gasteiger partial charge in [0.25, 0.3) is 0 Å². The van der Waals surface area contributed by atoms with Crippen LogP contribution in [0.15, 0.2) is 46.4 Å². The molecule has 0 amide bonds. The van der Waals surface area contributed by atoms with Crippen molar-refractivity contribution in [2.75, 3.05) is 0 Å². The van der Waals surface area contributed by atoms with Crippen molar-refractivity contribution in [1.82, 2.24) is 0 Å². The minimum atomic E-state index is 0. The van der Waals surface area contributed by atoms with Crippen molar-refractivity contribution >= 4 is 22.8 Å². The Labute approximate surface area is 251 Å². The fourth-order valence-electron chi connectivity index (χ4n) is 5.05. The van der Waals surface area contributed by atoms with Crippen LogP contribution in [0.25, 0.3) is 0 Å². The molecule has 39 heavy (non-hydrogen) atoms. The molecule has 0 N–H and O–H groups in total. The van der Waals surface area contributed by atoms with Gasteiger partial charge >= 0.3 is 0 Å². The van der Waals surface area contributed by atoms with Crippen molar-refractivity contribution in [3.05, 3.63) is 58.7 Å². The molecule has 0 radical (unpaired) electrons. The van der Waals surface area contributed by atoms with Crippen LogP contribution in [0, 0.1) is 0 Å². The SMILES string of the molecule is CCCCC(=Nc1ccc(CCCC)c(CCCC)c1)C(CC)=Nc1ccc(CCCC)c(CCCC)c1.[Ni]. The maximum Gasteiger partial charge on any atom is 0.0636 e. The summed E-state index contributed by atoms with van der Waals surface area (Å²) in [6, 6.07) is 13.9. The molecule has 0 fully saturated rings. The van der Waals surface area contributed by atoms with Crippen LogP contribution in [0.2, 0.25) is 0 Å². The standard InChI is InChI=1S/C36H56N2.Ni/c1-7-13-18-29-23-25-33(27-31(29)20-15-9-3)37-35(12-6)36(22-17-11-5)38-34-26-24-30(19-14-8-2)32(28-34)21-16-10-4;/h23-28H,7-22H2,1-6H3;. The monoisotopic (exact) mass is 574 g/mol. The van der Waals surface area contributed by atoms with Gasteiger partial charge in [0, 0.05) is 16.5 Å². The topological polar surface area (TPSA) is 24.7 Å². The van der Waals surface area contributed by atoms with Crippen LogP contribution in [0.4, 0.5) is 11.4 Å². The number of aliphatic imine (C=N–C) groups is 2. The van der Waals surface area contributed by atoms with Crippen LogP contribution in [0.3, 0.4) is 0 Å². The second-order valence-corrected chi connectivity index (χ2v) is 10.9. The number of hydrogen-bond acceptors (Lipinski definition) is 2. The largest absolute Gasteiger partial charge is 0.252 e. The van der Waals surface area contributed by atoms with Gasteiger partial charge in [0.2, 0.25) is 0 Å². The summed E-state index contributed by atoms with van der Waals surface area (Å²) in [6.07, 6.45) is 18.8. The normalized spacial score (nSPS) is 12.1. The van der Waals surface area contributed by atoms with Gasteiger partial charge in [0.05, 0.1) is 22.8 Å². The fraction of sp³-hybridized carbons (Fsp3) is 0.611. The average molecular weight is 576 g/mol. The van der Waals surface area contributed by atoms with E-state index in [4.69, 9.17) is 9.98 Å². The Bertz CT molecular complexity index is 1010. The second-order valence-electron chi connectivity index (χ2n) is 10.9. The van der Waals surface area contributed by atoms with E-state index in [0.29, 0.717) is 0 Å². The summed E-state index contributed by atoms with van der Waals surface area (Å²) >= 11 is 0. The van der Waals surface area contributed by atoms with Crippen LogP contribution >= 0.6 is 0 Å². The van der Waals surface area contributed by atoms with Gasteiger partial charge in [-0.15, -0.1) is 0 Å². The molecule has 3 heteroatoms. The van der Waals surface area contributed by atoms with Crippen molar-refractivity contribution in [2.24, 2.45) is 9.98 Å². The van der Waals surface area contributed by atoms with Gasteiger partial charge in [-0.1, -0.05) is 85.8 Å². The first-order valence-corrected chi connectivity index (χ1v) is 16.0. The van der Waals surface area contributed by atoms with E-state index in [2.05, 4.69) is 77.9 Å². The predicted molar refractivity (Wildman–Crippen MR) is 171 cm³/mol. The Balaban J connectivity index is 0.00000760. The summed E-state index contributed by atoms with van der Waals surface area (Å²) in [4.78, 5) is 10.5. The molecule has 0 heterocycles. The van der Waals surface area contributed by atoms with Crippen LogP contribution < -0.4 is 0 Å². The van der Waals surface area contributed by atoms with E-state index >= 15 is 0 Å². The molecule has 0 spiro atoms. The number of nitrogens with zero attached hydrogens (tertiary/aromatic N) is 2. The zero-order valence-corrected chi connectivity index (χ0v) is 27.0. The molecular formula is C36H56N2Ni. The summed E-state index contributed by atoms with van der Waals surface area (Å²) in [5, 5.41) is 0. The van der Waals surface area contributed by atoms with Crippen molar-refractivity contribution in [3.63, 3.8) is 0 Å². The van der Waals surface area contributed by atoms with Gasteiger partial charge in [0.1, 0.15) is 0 Å². The maximum atomic E-state index is 5.27. The summed E-state index contributed by atoms with van der Waals surface area (Å²) < 4.78 is 0. The molecule has 0 aliphatic rings. The quantitative estimate of drug-likeness (QED) is 0.118. The van der Waals surface area contributed by atoms with Crippen LogP contribution in [0.5, 0.6) is 0 Å². The molecule has 2 rings (SSSR count). The molecular weight excluding hydrogens is 519 g/mol. The van der Waals surface area contributed by atoms with E-state index in [1.165, 1.54) is 98.6 Å². The number of aryl methyl sites for hydroxylation is 4. The summed E-state index contributed by atoms with van der Waals surface area (Å²) in [6.45, 7) is 13.6. The Kier molecular flexibility index (Phi) is 19.1. The molecule has 0 atom stereocenters. The Hall–Kier alpha value is -1.73. The van der Waals surface area contributed by atoms with Crippen molar-refractivity contribution in [1.29, 1.82) is 0 Å². The van der Waals surface area contributed by atoms with Gasteiger partial charge in [-0.05, 0) is 117 Å². The smallest absolute Gasteiger partial charge is 0.0636 e. The summed E-state index contributed by atoms with van der Waals surface area (Å²) in [7, 11) is 0. The average Bonchev–Trinajstić information content (AvgIpc) is 2.94. The first-order valence-electron chi connectivity index (χ1n) is 16.0. The Morgan fingerprint density at radius 3 is 1.26 bits per heavy atom. The van der Waals surface area contributed by atoms with Gasteiger partial charge < -0.3 is 0 Å². The van der Waals surface area contributed by atoms with E-state index in [1.54, 1.807) is 0 Å². The van der Waals surface area contributed by atoms with Crippen molar-refractivity contribution in [3.8, 4) is 0 Å². The number of rotatable bonds is 19. The van der Waals surface area contributed by atoms with E-state index in [9.17, 15) is 0 Å². The third-order valence-corrected chi connectivity index (χ3v) is 7.54. The summed E-state index contributed by atoms with van der Waals surface area (Å²) in [5.74, 6) is 0. The number of unbranched alkanes of at least 4 members (excludes halogenated alkanes) is 5. The minimum absolute atomic E-state index is 0. The van der Waals surface area contributed by atoms with Crippen LogP contribution in [0.1, 0.15) is 141 Å². The first kappa shape index (κ1) is 35.3. The number of benzene rings is 2. The van der Waals surface area contributed by atoms with Crippen molar-refractivity contribution in [2.45, 2.75) is 144 Å². The van der Waals surface area contributed by atoms with Crippen LogP contribution in [-0.2, 0) is 42.2 Å². The van der Waals surface area contributed by atoms with E-state index < -0.39 is 0 Å². The fourth-order valence-corrected chi connectivity index (χ4v) is 5.05. The molecule has 2 aromatic rings. The van der Waals surface area contributed by atoms with Crippen LogP contribution in [-0.4, -0.2) is 11.4 Å². The van der Waals surface area contributed by atoms with Crippen molar-refractivity contribution < 1.29 is 16.5 Å². The minimum Gasteiger partial charge on any atom is -0.252 e. The van der Waals surface area contributed by atoms with Gasteiger partial charge in [-0.3, -0.25) is 9.98 Å². The molecule has 0 aromatic heterocycles. The third kappa shape index (κ3) is 12.5. The zero-order chi connectivity index (χ0) is 27.6. The third-order valence-electron chi connectivity index (χ3n) is 7.54. The van der Waals surface area contributed by atoms with E-state index in [1.807, 2.05) is 0 Å². The molecule has 0 unspecified atom stereocenters. The summed E-state index contributed by atoms with van der Waals surface area (Å²) in [5.41, 5.74) is 10.5. The Morgan fingerprint density at radius 2 is 0.872 bits per heavy atom. The second kappa shape index (κ2) is 21.1. The maximum absolute atomic E-state index is 5.27. The molecule has 0 saturated heterocycles. The molecule has 2 aromatic carbocycles. The first-order chi connectivity index (χ1) is 18.6. The number of hydrogen-bond donors (Lipinski definition) is 0. The molecule has 0 saturated carbocycles. The zero-order valence-electron chi connectivity index (χ0n) is 26.0. The van der Waals surface area contributed by atoms with Gasteiger partial charge in [0.15, 0.2) is 0 Å². The van der Waals surface area contributed by atoms with Gasteiger partial charge in [-0.25, -0.2) is 0 Å². The molecule has 0 aliphatic heterocycles. The van der Waals surface area contributed by atoms with E-state index in [0.717, 1.165) is 49.2 Å². The van der Waals surface area contributed by atoms with E-state index in [-0.39, 0.29) is 16.5 Å². The Morgan fingerprint density at radius 1 is 0.487 bits per heavy atom.